The van der Waals surface area contributed by atoms with Crippen LogP contribution in [-0.2, 0) is 19.6 Å². The van der Waals surface area contributed by atoms with Gasteiger partial charge >= 0.3 is 0 Å². The van der Waals surface area contributed by atoms with E-state index < -0.39 is 14.3 Å². The lowest BCUT2D eigenvalue weighted by atomic mass is 10.2. The van der Waals surface area contributed by atoms with E-state index in [0.717, 1.165) is 61.0 Å². The van der Waals surface area contributed by atoms with Gasteiger partial charge in [0.05, 0.1) is 61.0 Å². The number of alkyl halides is 2. The lowest BCUT2D eigenvalue weighted by Gasteiger charge is -2.13. The molecule has 0 unspecified atom stereocenters. The van der Waals surface area contributed by atoms with Gasteiger partial charge < -0.3 is 13.7 Å². The Labute approximate surface area is 454 Å². The van der Waals surface area contributed by atoms with E-state index in [0.29, 0.717) is 67.8 Å². The highest BCUT2D eigenvalue weighted by atomic mass is 79.9. The number of halogens is 9. The van der Waals surface area contributed by atoms with Gasteiger partial charge in [-0.1, -0.05) is 69.6 Å². The van der Waals surface area contributed by atoms with Crippen molar-refractivity contribution >= 4 is 91.2 Å². The molecule has 366 valence electrons. The maximum atomic E-state index is 9.96. The highest BCUT2D eigenvalue weighted by molar-refractivity contribution is 9.10. The number of imidazole rings is 3. The summed E-state index contributed by atoms with van der Waals surface area (Å²) in [6, 6.07) is 29.7. The molecule has 7 heterocycles. The Morgan fingerprint density at radius 3 is 1.43 bits per heavy atom. The smallest absolute Gasteiger partial charge is 0.142 e. The Kier molecular flexibility index (Phi) is 19.8. The van der Waals surface area contributed by atoms with Crippen LogP contribution >= 0.6 is 85.5 Å². The maximum Gasteiger partial charge on any atom is 0.142 e. The van der Waals surface area contributed by atoms with Crippen LogP contribution in [0.5, 0.6) is 0 Å². The molecule has 0 aliphatic carbocycles. The molecule has 3 aromatic carbocycles. The van der Waals surface area contributed by atoms with Crippen molar-refractivity contribution in [1.29, 1.82) is 5.26 Å². The van der Waals surface area contributed by atoms with Gasteiger partial charge in [0.25, 0.3) is 0 Å². The van der Waals surface area contributed by atoms with E-state index in [9.17, 15) is 14.0 Å². The van der Waals surface area contributed by atoms with Crippen molar-refractivity contribution in [2.45, 2.75) is 19.6 Å². The molecule has 0 saturated heterocycles. The van der Waals surface area contributed by atoms with Crippen molar-refractivity contribution in [2.24, 2.45) is 15.4 Å². The van der Waals surface area contributed by atoms with Crippen molar-refractivity contribution in [2.75, 3.05) is 20.9 Å². The van der Waals surface area contributed by atoms with Crippen LogP contribution in [0.25, 0.3) is 34.2 Å². The summed E-state index contributed by atoms with van der Waals surface area (Å²) in [7, 11) is -2.00. The summed E-state index contributed by atoms with van der Waals surface area (Å²) in [4.78, 5) is 25.7. The largest absolute Gasteiger partial charge is 0.318 e. The molecule has 1 aliphatic heterocycles. The summed E-state index contributed by atoms with van der Waals surface area (Å²) in [6.45, 7) is 1.91. The quantitative estimate of drug-likeness (QED) is 0.132. The third-order valence-corrected chi connectivity index (χ3v) is 12.6. The molecule has 6 aromatic heterocycles. The monoisotopic (exact) mass is 1150 g/mol. The van der Waals surface area contributed by atoms with Crippen LogP contribution in [-0.4, -0.2) is 70.2 Å². The zero-order valence-corrected chi connectivity index (χ0v) is 43.4. The summed E-state index contributed by atoms with van der Waals surface area (Å²) >= 11 is 40.5. The average molecular weight is 1150 g/mol. The fraction of sp³-hybridized carbons (Fsp3) is 0.120. The minimum absolute atomic E-state index is 0.409. The van der Waals surface area contributed by atoms with E-state index in [1.807, 2.05) is 57.7 Å². The number of nitrogens with zero attached hydrogens (tertiary/aromatic N) is 13. The van der Waals surface area contributed by atoms with Crippen LogP contribution in [0.2, 0.25) is 30.1 Å². The lowest BCUT2D eigenvalue weighted by molar-refractivity contribution is 0.635. The number of hydrogen-bond acceptors (Lipinski definition) is 10. The van der Waals surface area contributed by atoms with E-state index in [4.69, 9.17) is 72.3 Å². The first kappa shape index (κ1) is 51.9. The molecule has 0 N–H and O–H groups in total. The molecular formula is C50H38BrCl6F2N13. The van der Waals surface area contributed by atoms with Gasteiger partial charge in [-0.25, -0.2) is 15.0 Å². The van der Waals surface area contributed by atoms with Gasteiger partial charge in [0.1, 0.15) is 46.1 Å². The van der Waals surface area contributed by atoms with E-state index in [2.05, 4.69) is 67.3 Å². The minimum atomic E-state index is -1.00. The number of hydrogen-bond donors (Lipinski definition) is 0. The lowest BCUT2D eigenvalue weighted by Crippen LogP contribution is -2.13. The van der Waals surface area contributed by atoms with Crippen LogP contribution in [0.15, 0.2) is 167 Å². The third-order valence-electron chi connectivity index (χ3n) is 10.1. The zero-order chi connectivity index (χ0) is 53.0. The molecule has 0 atom stereocenters. The van der Waals surface area contributed by atoms with Crippen LogP contribution < -0.4 is 0 Å². The Hall–Kier alpha value is -6.42. The van der Waals surface area contributed by atoms with Crippen LogP contribution in [0.4, 0.5) is 8.78 Å². The molecule has 0 amide bonds. The zero-order valence-electron chi connectivity index (χ0n) is 39.3. The van der Waals surface area contributed by atoms with E-state index in [1.54, 1.807) is 103 Å². The van der Waals surface area contributed by atoms with E-state index >= 15 is 0 Å². The summed E-state index contributed by atoms with van der Waals surface area (Å²) in [5.74, 6) is 2.26. The van der Waals surface area contributed by atoms with Gasteiger partial charge in [0, 0.05) is 84.0 Å². The minimum Gasteiger partial charge on any atom is -0.318 e. The molecule has 0 spiro atoms. The molecule has 0 fully saturated rings. The molecule has 0 bridgehead atoms. The van der Waals surface area contributed by atoms with Crippen LogP contribution in [0.3, 0.4) is 0 Å². The summed E-state index contributed by atoms with van der Waals surface area (Å²) in [6.07, 6.45) is 15.5. The van der Waals surface area contributed by atoms with Gasteiger partial charge in [0.2, 0.25) is 0 Å². The second-order valence-corrected chi connectivity index (χ2v) is 17.9. The molecule has 0 radical (unpaired) electrons. The molecule has 72 heavy (non-hydrogen) atoms. The number of pyridine rings is 3. The van der Waals surface area contributed by atoms with Crippen molar-refractivity contribution in [3.8, 4) is 40.2 Å². The summed E-state index contributed by atoms with van der Waals surface area (Å²) in [5, 5.41) is 24.8. The topological polar surface area (TPSA) is 153 Å². The summed E-state index contributed by atoms with van der Waals surface area (Å²) in [5.41, 5.74) is 7.41. The Morgan fingerprint density at radius 1 is 0.583 bits per heavy atom. The normalized spacial score (nSPS) is 11.5. The fourth-order valence-corrected chi connectivity index (χ4v) is 8.44. The first-order chi connectivity index (χ1) is 35.9. The van der Waals surface area contributed by atoms with E-state index in [-0.39, 0.29) is 0 Å². The highest BCUT2D eigenvalue weighted by Gasteiger charge is 2.20. The van der Waals surface area contributed by atoms with Crippen molar-refractivity contribution in [1.82, 2.24) is 43.6 Å². The summed E-state index contributed by atoms with van der Waals surface area (Å²) < 4.78 is 37.7. The Bertz CT molecular complexity index is 3360. The molecule has 13 nitrogen and oxygen atoms in total. The van der Waals surface area contributed by atoms with Gasteiger partial charge in [-0.05, 0) is 129 Å². The molecule has 0 saturated carbocycles. The number of nitriles is 1. The Morgan fingerprint density at radius 2 is 1.00 bits per heavy atom. The highest BCUT2D eigenvalue weighted by Crippen LogP contribution is 2.30. The number of rotatable bonds is 10. The standard InChI is InChI=1S/C17H12Cl2N6.C16H10Cl2N4.C15H10BrCl2N3.2CH3F/c18-13-3-4-14(19)12(6-13)10-25-16(15-8-22-24-23-15)9-21-17(25)11-2-1-5-20-7-11;17-13-3-4-15(18)12(6-13)10-22-14(7-19)9-21-16(22)11-2-1-5-20-8-11;16-14-8-20-15(10-2-1-5-19-7-10)21(14)9-11-6-12(17)3-4-13(11)18;2*1-2/h1-7,9H,8,10H2;1-6,8-9H,10H2;1-8H,9H2;2*1H3/i;;;2*1D. The number of benzene rings is 3. The predicted octanol–water partition coefficient (Wildman–Crippen LogP) is 14.9. The molecule has 22 heteroatoms. The SMILES string of the molecule is Clc1ccc(Cl)c(Cn2c(Br)cnc2-c2cccnc2)c1.Clc1ccc(Cl)c(Cn2c(C3=NN=NC3)cnc2-c2cccnc2)c1.N#Cc1cnc(-c2cccnc2)n1Cc1cc(Cl)ccc1Cl.[2H]CF.[2H]CF. The molecular weight excluding hydrogens is 1110 g/mol. The first-order valence-electron chi connectivity index (χ1n) is 22.2. The van der Waals surface area contributed by atoms with Crippen molar-refractivity contribution in [3.05, 3.63) is 210 Å². The average Bonchev–Trinajstić information content (AvgIpc) is 4.25. The number of aromatic nitrogens is 9. The van der Waals surface area contributed by atoms with Gasteiger partial charge in [-0.15, -0.1) is 5.10 Å². The van der Waals surface area contributed by atoms with Gasteiger partial charge in [-0.2, -0.15) is 10.4 Å². The molecule has 9 aromatic rings. The maximum absolute atomic E-state index is 9.96. The molecule has 10 rings (SSSR count). The predicted molar refractivity (Wildman–Crippen MR) is 286 cm³/mol. The van der Waals surface area contributed by atoms with Gasteiger partial charge in [-0.3, -0.25) is 23.7 Å². The van der Waals surface area contributed by atoms with Crippen LogP contribution in [0.1, 0.15) is 30.8 Å². The fourth-order valence-electron chi connectivity index (χ4n) is 6.93. The van der Waals surface area contributed by atoms with Crippen LogP contribution in [0, 0.1) is 11.3 Å². The van der Waals surface area contributed by atoms with Crippen molar-refractivity contribution < 1.29 is 11.5 Å². The molecule has 1 aliphatic rings. The third kappa shape index (κ3) is 14.2. The second kappa shape index (κ2) is 27.4. The van der Waals surface area contributed by atoms with Crippen molar-refractivity contribution in [3.63, 3.8) is 0 Å². The second-order valence-electron chi connectivity index (χ2n) is 14.6. The Balaban J connectivity index is 0.000000172. The van der Waals surface area contributed by atoms with E-state index in [1.165, 1.54) is 0 Å². The first-order valence-corrected chi connectivity index (χ1v) is 23.8. The van der Waals surface area contributed by atoms with Gasteiger partial charge in [0.15, 0.2) is 0 Å².